The van der Waals surface area contributed by atoms with Crippen molar-refractivity contribution in [1.29, 1.82) is 0 Å². The van der Waals surface area contributed by atoms with Crippen LogP contribution >= 0.6 is 11.8 Å². The third kappa shape index (κ3) is 3.57. The summed E-state index contributed by atoms with van der Waals surface area (Å²) in [6.07, 6.45) is 3.72. The van der Waals surface area contributed by atoms with E-state index in [-0.39, 0.29) is 10.1 Å². The van der Waals surface area contributed by atoms with Gasteiger partial charge in [-0.1, -0.05) is 23.3 Å². The number of aromatic nitrogens is 4. The van der Waals surface area contributed by atoms with E-state index < -0.39 is 10.0 Å². The van der Waals surface area contributed by atoms with Gasteiger partial charge in [0.15, 0.2) is 0 Å². The second-order valence-corrected chi connectivity index (χ2v) is 8.09. The molecule has 3 N–H and O–H groups in total. The first-order valence-electron chi connectivity index (χ1n) is 7.28. The Hall–Kier alpha value is -1.98. The zero-order chi connectivity index (χ0) is 17.2. The number of nitrogens with zero attached hydrogens (tertiary/aromatic N) is 5. The van der Waals surface area contributed by atoms with E-state index in [9.17, 15) is 8.42 Å². The molecule has 1 unspecified atom stereocenters. The molecule has 0 spiro atoms. The number of thioether (sulfide) groups is 1. The van der Waals surface area contributed by atoms with Crippen LogP contribution in [0.4, 0.5) is 0 Å². The lowest BCUT2D eigenvalue weighted by Gasteiger charge is -2.21. The number of primary sulfonamides is 1. The van der Waals surface area contributed by atoms with Gasteiger partial charge in [0.2, 0.25) is 15.2 Å². The van der Waals surface area contributed by atoms with Crippen LogP contribution in [-0.2, 0) is 10.0 Å². The second kappa shape index (κ2) is 6.87. The third-order valence-corrected chi connectivity index (χ3v) is 5.93. The summed E-state index contributed by atoms with van der Waals surface area (Å²) in [5.74, 6) is 0. The molecule has 0 saturated heterocycles. The first-order chi connectivity index (χ1) is 11.5. The van der Waals surface area contributed by atoms with Crippen molar-refractivity contribution in [2.45, 2.75) is 41.0 Å². The SMILES string of the molecule is NS(=O)(=O)c1ccc(-n2nnnc2SC2CCCC/C2=N\O)cc1. The summed E-state index contributed by atoms with van der Waals surface area (Å²) in [6.45, 7) is 0. The molecule has 0 aliphatic heterocycles. The fourth-order valence-electron chi connectivity index (χ4n) is 2.52. The van der Waals surface area contributed by atoms with Gasteiger partial charge in [0.05, 0.1) is 21.5 Å². The number of rotatable bonds is 4. The minimum atomic E-state index is -3.74. The molecule has 0 radical (unpaired) electrons. The van der Waals surface area contributed by atoms with Crippen molar-refractivity contribution in [2.24, 2.45) is 10.3 Å². The minimum absolute atomic E-state index is 0.0236. The largest absolute Gasteiger partial charge is 0.411 e. The van der Waals surface area contributed by atoms with Gasteiger partial charge in [0.25, 0.3) is 0 Å². The van der Waals surface area contributed by atoms with Gasteiger partial charge in [-0.2, -0.15) is 4.68 Å². The molecule has 24 heavy (non-hydrogen) atoms. The monoisotopic (exact) mass is 368 g/mol. The van der Waals surface area contributed by atoms with Crippen molar-refractivity contribution in [1.82, 2.24) is 20.2 Å². The Morgan fingerprint density at radius 2 is 2.04 bits per heavy atom. The highest BCUT2D eigenvalue weighted by Crippen LogP contribution is 2.31. The van der Waals surface area contributed by atoms with Crippen molar-refractivity contribution in [3.05, 3.63) is 24.3 Å². The van der Waals surface area contributed by atoms with Gasteiger partial charge in [0, 0.05) is 0 Å². The summed E-state index contributed by atoms with van der Waals surface area (Å²) in [5, 5.41) is 29.8. The number of oxime groups is 1. The number of nitrogens with two attached hydrogens (primary N) is 1. The third-order valence-electron chi connectivity index (χ3n) is 3.75. The minimum Gasteiger partial charge on any atom is -0.411 e. The molecule has 3 rings (SSSR count). The van der Waals surface area contributed by atoms with Crippen LogP contribution in [0, 0.1) is 0 Å². The molecule has 1 atom stereocenters. The normalized spacial score (nSPS) is 20.4. The van der Waals surface area contributed by atoms with Gasteiger partial charge >= 0.3 is 0 Å². The van der Waals surface area contributed by atoms with Crippen LogP contribution in [0.5, 0.6) is 0 Å². The van der Waals surface area contributed by atoms with Crippen molar-refractivity contribution in [2.75, 3.05) is 0 Å². The van der Waals surface area contributed by atoms with E-state index in [2.05, 4.69) is 20.7 Å². The molecular weight excluding hydrogens is 352 g/mol. The Balaban J connectivity index is 1.85. The predicted octanol–water partition coefficient (Wildman–Crippen LogP) is 1.17. The van der Waals surface area contributed by atoms with Gasteiger partial charge in [-0.05, 0) is 54.0 Å². The van der Waals surface area contributed by atoms with E-state index >= 15 is 0 Å². The van der Waals surface area contributed by atoms with Crippen LogP contribution in [0.1, 0.15) is 25.7 Å². The molecule has 11 heteroatoms. The van der Waals surface area contributed by atoms with Gasteiger partial charge in [-0.25, -0.2) is 13.6 Å². The van der Waals surface area contributed by atoms with Gasteiger partial charge in [-0.3, -0.25) is 0 Å². The van der Waals surface area contributed by atoms with Crippen molar-refractivity contribution in [3.63, 3.8) is 0 Å². The van der Waals surface area contributed by atoms with Crippen LogP contribution in [0.3, 0.4) is 0 Å². The van der Waals surface area contributed by atoms with Gasteiger partial charge in [-0.15, -0.1) is 5.10 Å². The smallest absolute Gasteiger partial charge is 0.238 e. The molecule has 1 heterocycles. The van der Waals surface area contributed by atoms with Crippen LogP contribution in [0.15, 0.2) is 39.5 Å². The number of sulfonamides is 1. The Morgan fingerprint density at radius 3 is 2.71 bits per heavy atom. The van der Waals surface area contributed by atoms with E-state index in [1.54, 1.807) is 12.1 Å². The molecule has 0 bridgehead atoms. The van der Waals surface area contributed by atoms with Crippen molar-refractivity contribution in [3.8, 4) is 5.69 Å². The highest BCUT2D eigenvalue weighted by molar-refractivity contribution is 8.00. The first-order valence-corrected chi connectivity index (χ1v) is 9.71. The van der Waals surface area contributed by atoms with E-state index in [1.165, 1.54) is 28.6 Å². The average molecular weight is 368 g/mol. The summed E-state index contributed by atoms with van der Waals surface area (Å²) in [6, 6.07) is 5.98. The Bertz CT molecular complexity index is 847. The topological polar surface area (TPSA) is 136 Å². The quantitative estimate of drug-likeness (QED) is 0.610. The lowest BCUT2D eigenvalue weighted by Crippen LogP contribution is -2.22. The maximum Gasteiger partial charge on any atom is 0.238 e. The Kier molecular flexibility index (Phi) is 4.83. The molecule has 1 aromatic heterocycles. The lowest BCUT2D eigenvalue weighted by molar-refractivity contribution is 0.314. The highest BCUT2D eigenvalue weighted by atomic mass is 32.2. The van der Waals surface area contributed by atoms with E-state index in [4.69, 9.17) is 10.3 Å². The van der Waals surface area contributed by atoms with Crippen LogP contribution in [0.25, 0.3) is 5.69 Å². The highest BCUT2D eigenvalue weighted by Gasteiger charge is 2.25. The summed E-state index contributed by atoms with van der Waals surface area (Å²) < 4.78 is 24.2. The molecule has 2 aromatic rings. The molecule has 9 nitrogen and oxygen atoms in total. The Morgan fingerprint density at radius 1 is 1.29 bits per heavy atom. The van der Waals surface area contributed by atoms with E-state index in [0.29, 0.717) is 10.8 Å². The maximum absolute atomic E-state index is 11.3. The molecule has 1 aliphatic rings. The molecule has 128 valence electrons. The number of tetrazole rings is 1. The molecular formula is C13H16N6O3S2. The lowest BCUT2D eigenvalue weighted by atomic mass is 9.98. The van der Waals surface area contributed by atoms with E-state index in [0.717, 1.165) is 31.4 Å². The zero-order valence-electron chi connectivity index (χ0n) is 12.6. The van der Waals surface area contributed by atoms with Crippen LogP contribution < -0.4 is 5.14 Å². The number of hydrogen-bond acceptors (Lipinski definition) is 8. The zero-order valence-corrected chi connectivity index (χ0v) is 14.2. The average Bonchev–Trinajstić information content (AvgIpc) is 3.03. The van der Waals surface area contributed by atoms with Crippen molar-refractivity contribution < 1.29 is 13.6 Å². The van der Waals surface area contributed by atoms with Gasteiger partial charge < -0.3 is 5.21 Å². The fraction of sp³-hybridized carbons (Fsp3) is 0.385. The second-order valence-electron chi connectivity index (χ2n) is 5.36. The summed E-state index contributed by atoms with van der Waals surface area (Å²) in [4.78, 5) is 0.0236. The summed E-state index contributed by atoms with van der Waals surface area (Å²) >= 11 is 1.43. The fourth-order valence-corrected chi connectivity index (χ4v) is 4.20. The van der Waals surface area contributed by atoms with Crippen LogP contribution in [0.2, 0.25) is 0 Å². The summed E-state index contributed by atoms with van der Waals surface area (Å²) in [5.41, 5.74) is 1.36. The Labute approximate surface area is 143 Å². The van der Waals surface area contributed by atoms with E-state index in [1.807, 2.05) is 0 Å². The molecule has 1 fully saturated rings. The van der Waals surface area contributed by atoms with Gasteiger partial charge in [0.1, 0.15) is 0 Å². The standard InChI is InChI=1S/C13H16N6O3S2/c14-24(21,22)10-7-5-9(6-8-10)19-13(15-17-18-19)23-12-4-2-1-3-11(12)16-20/h5-8,12,20H,1-4H2,(H2,14,21,22)/b16-11+. The first kappa shape index (κ1) is 16.9. The van der Waals surface area contributed by atoms with Crippen molar-refractivity contribution >= 4 is 27.5 Å². The maximum atomic E-state index is 11.3. The number of hydrogen-bond donors (Lipinski definition) is 2. The molecule has 0 amide bonds. The molecule has 1 saturated carbocycles. The molecule has 1 aromatic carbocycles. The summed E-state index contributed by atoms with van der Waals surface area (Å²) in [7, 11) is -3.74. The number of benzene rings is 1. The molecule has 1 aliphatic carbocycles. The predicted molar refractivity (Wildman–Crippen MR) is 87.9 cm³/mol. The van der Waals surface area contributed by atoms with Crippen LogP contribution in [-0.4, -0.2) is 44.8 Å².